The number of aryl methyl sites for hydroxylation is 2. The standard InChI is InChI=1S/C12H15N5O2/c1-8-4-9(2)12(17(18)19)5-11(8)16-7-10(6-13-3)14-15-16/h4-5,7,13H,6H2,1-3H3. The minimum atomic E-state index is -0.385. The zero-order valence-corrected chi connectivity index (χ0v) is 11.0. The van der Waals surface area contributed by atoms with E-state index in [4.69, 9.17) is 0 Å². The third kappa shape index (κ3) is 2.60. The summed E-state index contributed by atoms with van der Waals surface area (Å²) < 4.78 is 1.56. The van der Waals surface area contributed by atoms with Gasteiger partial charge in [-0.1, -0.05) is 5.21 Å². The lowest BCUT2D eigenvalue weighted by Crippen LogP contribution is -2.05. The molecule has 0 spiro atoms. The van der Waals surface area contributed by atoms with Crippen LogP contribution in [0.15, 0.2) is 18.3 Å². The van der Waals surface area contributed by atoms with Crippen LogP contribution >= 0.6 is 0 Å². The van der Waals surface area contributed by atoms with Gasteiger partial charge in [-0.3, -0.25) is 10.1 Å². The summed E-state index contributed by atoms with van der Waals surface area (Å²) in [6.45, 7) is 4.22. The zero-order chi connectivity index (χ0) is 14.0. The highest BCUT2D eigenvalue weighted by molar-refractivity contribution is 5.53. The van der Waals surface area contributed by atoms with E-state index >= 15 is 0 Å². The lowest BCUT2D eigenvalue weighted by Gasteiger charge is -2.06. The Balaban J connectivity index is 2.48. The van der Waals surface area contributed by atoms with Crippen molar-refractivity contribution in [3.05, 3.63) is 45.3 Å². The van der Waals surface area contributed by atoms with Crippen LogP contribution in [0.1, 0.15) is 16.8 Å². The van der Waals surface area contributed by atoms with E-state index in [1.54, 1.807) is 23.9 Å². The molecule has 0 atom stereocenters. The van der Waals surface area contributed by atoms with Gasteiger partial charge in [0.2, 0.25) is 0 Å². The number of aromatic nitrogens is 3. The van der Waals surface area contributed by atoms with Crippen LogP contribution in [0.3, 0.4) is 0 Å². The first-order valence-corrected chi connectivity index (χ1v) is 5.84. The normalized spacial score (nSPS) is 10.7. The quantitative estimate of drug-likeness (QED) is 0.666. The third-order valence-electron chi connectivity index (χ3n) is 2.86. The van der Waals surface area contributed by atoms with E-state index in [1.807, 2.05) is 14.0 Å². The van der Waals surface area contributed by atoms with E-state index < -0.39 is 0 Å². The summed E-state index contributed by atoms with van der Waals surface area (Å²) in [6, 6.07) is 3.31. The minimum Gasteiger partial charge on any atom is -0.314 e. The lowest BCUT2D eigenvalue weighted by molar-refractivity contribution is -0.385. The molecule has 1 N–H and O–H groups in total. The zero-order valence-electron chi connectivity index (χ0n) is 11.0. The van der Waals surface area contributed by atoms with Crippen LogP contribution < -0.4 is 5.32 Å². The van der Waals surface area contributed by atoms with Gasteiger partial charge in [-0.15, -0.1) is 5.10 Å². The Kier molecular flexibility index (Phi) is 3.57. The van der Waals surface area contributed by atoms with Crippen molar-refractivity contribution in [3.63, 3.8) is 0 Å². The van der Waals surface area contributed by atoms with Crippen LogP contribution in [0.4, 0.5) is 5.69 Å². The topological polar surface area (TPSA) is 85.9 Å². The molecule has 19 heavy (non-hydrogen) atoms. The van der Waals surface area contributed by atoms with Crippen LogP contribution in [0.25, 0.3) is 5.69 Å². The first-order valence-electron chi connectivity index (χ1n) is 5.84. The number of nitrogens with one attached hydrogen (secondary N) is 1. The molecule has 0 amide bonds. The van der Waals surface area contributed by atoms with Crippen molar-refractivity contribution in [2.24, 2.45) is 0 Å². The molecule has 0 bridgehead atoms. The highest BCUT2D eigenvalue weighted by Crippen LogP contribution is 2.24. The molecule has 7 heteroatoms. The summed E-state index contributed by atoms with van der Waals surface area (Å²) >= 11 is 0. The number of benzene rings is 1. The maximum Gasteiger partial charge on any atom is 0.274 e. The van der Waals surface area contributed by atoms with Crippen LogP contribution in [0.2, 0.25) is 0 Å². The number of hydrogen-bond acceptors (Lipinski definition) is 5. The second-order valence-corrected chi connectivity index (χ2v) is 4.37. The molecular weight excluding hydrogens is 246 g/mol. The summed E-state index contributed by atoms with van der Waals surface area (Å²) in [5, 5.41) is 22.0. The van der Waals surface area contributed by atoms with E-state index in [2.05, 4.69) is 15.6 Å². The highest BCUT2D eigenvalue weighted by Gasteiger charge is 2.15. The number of hydrogen-bond donors (Lipinski definition) is 1. The Labute approximate surface area is 110 Å². The van der Waals surface area contributed by atoms with Gasteiger partial charge in [0.05, 0.1) is 22.5 Å². The predicted molar refractivity (Wildman–Crippen MR) is 70.3 cm³/mol. The van der Waals surface area contributed by atoms with Gasteiger partial charge in [0.1, 0.15) is 0 Å². The van der Waals surface area contributed by atoms with Crippen molar-refractivity contribution in [1.82, 2.24) is 20.3 Å². The molecule has 7 nitrogen and oxygen atoms in total. The first-order chi connectivity index (χ1) is 9.02. The predicted octanol–water partition coefficient (Wildman–Crippen LogP) is 1.51. The summed E-state index contributed by atoms with van der Waals surface area (Å²) in [6.07, 6.45) is 1.76. The van der Waals surface area contributed by atoms with Gasteiger partial charge in [0, 0.05) is 18.2 Å². The fraction of sp³-hybridized carbons (Fsp3) is 0.333. The first kappa shape index (κ1) is 13.2. The second-order valence-electron chi connectivity index (χ2n) is 4.37. The van der Waals surface area contributed by atoms with E-state index in [9.17, 15) is 10.1 Å². The highest BCUT2D eigenvalue weighted by atomic mass is 16.6. The van der Waals surface area contributed by atoms with Crippen LogP contribution in [-0.4, -0.2) is 27.0 Å². The molecule has 0 radical (unpaired) electrons. The average Bonchev–Trinajstić information content (AvgIpc) is 2.77. The van der Waals surface area contributed by atoms with Crippen molar-refractivity contribution in [3.8, 4) is 5.69 Å². The van der Waals surface area contributed by atoms with Crippen molar-refractivity contribution >= 4 is 5.69 Å². The maximum absolute atomic E-state index is 11.0. The molecule has 0 saturated carbocycles. The maximum atomic E-state index is 11.0. The fourth-order valence-electron chi connectivity index (χ4n) is 1.95. The van der Waals surface area contributed by atoms with Gasteiger partial charge < -0.3 is 5.32 Å². The average molecular weight is 261 g/mol. The molecule has 0 aliphatic heterocycles. The van der Waals surface area contributed by atoms with Gasteiger partial charge >= 0.3 is 0 Å². The summed E-state index contributed by atoms with van der Waals surface area (Å²) in [5.74, 6) is 0. The van der Waals surface area contributed by atoms with Crippen molar-refractivity contribution in [2.45, 2.75) is 20.4 Å². The van der Waals surface area contributed by atoms with Gasteiger partial charge in [-0.25, -0.2) is 4.68 Å². The molecular formula is C12H15N5O2. The van der Waals surface area contributed by atoms with Crippen molar-refractivity contribution in [1.29, 1.82) is 0 Å². The molecule has 2 rings (SSSR count). The molecule has 1 aromatic heterocycles. The molecule has 0 fully saturated rings. The van der Waals surface area contributed by atoms with Gasteiger partial charge in [-0.2, -0.15) is 0 Å². The molecule has 1 heterocycles. The molecule has 0 unspecified atom stereocenters. The smallest absolute Gasteiger partial charge is 0.274 e. The molecule has 100 valence electrons. The lowest BCUT2D eigenvalue weighted by atomic mass is 10.1. The number of rotatable bonds is 4. The minimum absolute atomic E-state index is 0.0891. The molecule has 1 aromatic carbocycles. The van der Waals surface area contributed by atoms with Crippen LogP contribution in [-0.2, 0) is 6.54 Å². The Morgan fingerprint density at radius 3 is 2.74 bits per heavy atom. The van der Waals surface area contributed by atoms with E-state index in [1.165, 1.54) is 6.07 Å². The second kappa shape index (κ2) is 5.15. The Bertz CT molecular complexity index is 621. The van der Waals surface area contributed by atoms with Gasteiger partial charge in [0.25, 0.3) is 5.69 Å². The molecule has 2 aromatic rings. The van der Waals surface area contributed by atoms with Crippen LogP contribution in [0, 0.1) is 24.0 Å². The monoisotopic (exact) mass is 261 g/mol. The molecule has 0 saturated heterocycles. The number of nitro benzene ring substituents is 1. The van der Waals surface area contributed by atoms with E-state index in [0.717, 1.165) is 11.3 Å². The van der Waals surface area contributed by atoms with E-state index in [0.29, 0.717) is 17.8 Å². The van der Waals surface area contributed by atoms with E-state index in [-0.39, 0.29) is 10.6 Å². The Morgan fingerprint density at radius 2 is 2.11 bits per heavy atom. The Morgan fingerprint density at radius 1 is 1.37 bits per heavy atom. The Hall–Kier alpha value is -2.28. The van der Waals surface area contributed by atoms with Crippen molar-refractivity contribution < 1.29 is 4.92 Å². The summed E-state index contributed by atoms with van der Waals surface area (Å²) in [7, 11) is 1.82. The van der Waals surface area contributed by atoms with Crippen molar-refractivity contribution in [2.75, 3.05) is 7.05 Å². The SMILES string of the molecule is CNCc1cn(-c2cc([N+](=O)[O-])c(C)cc2C)nn1. The molecule has 0 aliphatic carbocycles. The summed E-state index contributed by atoms with van der Waals surface area (Å²) in [5.41, 5.74) is 3.11. The van der Waals surface area contributed by atoms with Gasteiger partial charge in [0.15, 0.2) is 0 Å². The number of nitrogens with zero attached hydrogens (tertiary/aromatic N) is 4. The third-order valence-corrected chi connectivity index (χ3v) is 2.86. The largest absolute Gasteiger partial charge is 0.314 e. The van der Waals surface area contributed by atoms with Crippen LogP contribution in [0.5, 0.6) is 0 Å². The fourth-order valence-corrected chi connectivity index (χ4v) is 1.95. The van der Waals surface area contributed by atoms with Gasteiger partial charge in [-0.05, 0) is 32.5 Å². The molecule has 0 aliphatic rings. The summed E-state index contributed by atoms with van der Waals surface area (Å²) in [4.78, 5) is 10.6. The number of nitro groups is 1.